The zero-order chi connectivity index (χ0) is 20.2. The molecule has 1 saturated heterocycles. The highest BCUT2D eigenvalue weighted by molar-refractivity contribution is 6.35. The molecule has 4 rings (SSSR count). The van der Waals surface area contributed by atoms with Gasteiger partial charge in [-0.1, -0.05) is 29.3 Å². The Bertz CT molecular complexity index is 994. The lowest BCUT2D eigenvalue weighted by Gasteiger charge is -2.29. The maximum Gasteiger partial charge on any atom is 0.229 e. The van der Waals surface area contributed by atoms with Crippen LogP contribution in [0.2, 0.25) is 10.0 Å². The molecule has 0 spiro atoms. The molecule has 6 nitrogen and oxygen atoms in total. The van der Waals surface area contributed by atoms with E-state index in [0.717, 1.165) is 30.7 Å². The highest BCUT2D eigenvalue weighted by Crippen LogP contribution is 2.27. The summed E-state index contributed by atoms with van der Waals surface area (Å²) in [5, 5.41) is 6.88. The minimum atomic E-state index is -0.589. The smallest absolute Gasteiger partial charge is 0.229 e. The van der Waals surface area contributed by atoms with Gasteiger partial charge >= 0.3 is 0 Å². The van der Waals surface area contributed by atoms with Crippen LogP contribution in [0.1, 0.15) is 0 Å². The van der Waals surface area contributed by atoms with Crippen molar-refractivity contribution in [2.75, 3.05) is 41.8 Å². The van der Waals surface area contributed by atoms with Gasteiger partial charge in [-0.05, 0) is 36.4 Å². The Kier molecular flexibility index (Phi) is 5.99. The molecule has 1 aliphatic rings. The lowest BCUT2D eigenvalue weighted by atomic mass is 10.2. The lowest BCUT2D eigenvalue weighted by molar-refractivity contribution is 0.122. The molecule has 9 heteroatoms. The number of aromatic nitrogens is 2. The highest BCUT2D eigenvalue weighted by atomic mass is 35.5. The fourth-order valence-corrected chi connectivity index (χ4v) is 3.53. The predicted molar refractivity (Wildman–Crippen MR) is 114 cm³/mol. The molecule has 1 aromatic heterocycles. The molecule has 0 atom stereocenters. The second-order valence-electron chi connectivity index (χ2n) is 6.45. The molecule has 0 bridgehead atoms. The van der Waals surface area contributed by atoms with E-state index in [9.17, 15) is 4.39 Å². The maximum absolute atomic E-state index is 14.2. The van der Waals surface area contributed by atoms with Crippen molar-refractivity contribution in [3.8, 4) is 0 Å². The number of morpholine rings is 1. The number of benzene rings is 2. The van der Waals surface area contributed by atoms with Crippen molar-refractivity contribution >= 4 is 52.0 Å². The molecule has 3 aromatic rings. The van der Waals surface area contributed by atoms with Gasteiger partial charge in [0.25, 0.3) is 0 Å². The summed E-state index contributed by atoms with van der Waals surface area (Å²) in [6.07, 6.45) is 1.11. The molecular weight excluding hydrogens is 416 g/mol. The van der Waals surface area contributed by atoms with Crippen LogP contribution in [0, 0.1) is 5.82 Å². The summed E-state index contributed by atoms with van der Waals surface area (Å²) in [7, 11) is 0. The molecule has 29 heavy (non-hydrogen) atoms. The van der Waals surface area contributed by atoms with E-state index in [2.05, 4.69) is 25.5 Å². The van der Waals surface area contributed by atoms with E-state index < -0.39 is 5.82 Å². The number of nitrogens with zero attached hydrogens (tertiary/aromatic N) is 3. The SMILES string of the molecule is Fc1cnc(Nc2cccc(N3CCOCC3)c2)nc1Nc1cc(Cl)cc(Cl)c1. The number of halogens is 3. The Labute approximate surface area is 177 Å². The zero-order valence-electron chi connectivity index (χ0n) is 15.3. The standard InChI is InChI=1S/C20H18Cl2FN5O/c21-13-8-14(22)10-16(9-13)25-19-18(23)12-24-20(27-19)26-15-2-1-3-17(11-15)28-4-6-29-7-5-28/h1-3,8-12H,4-7H2,(H2,24,25,26,27). The van der Waals surface area contributed by atoms with Gasteiger partial charge in [-0.15, -0.1) is 0 Å². The molecule has 1 fully saturated rings. The molecule has 2 aromatic carbocycles. The Morgan fingerprint density at radius 3 is 2.48 bits per heavy atom. The summed E-state index contributed by atoms with van der Waals surface area (Å²) in [6.45, 7) is 3.10. The summed E-state index contributed by atoms with van der Waals surface area (Å²) in [6, 6.07) is 12.8. The molecule has 0 amide bonds. The summed E-state index contributed by atoms with van der Waals surface area (Å²) < 4.78 is 19.6. The molecule has 150 valence electrons. The number of anilines is 5. The molecular formula is C20H18Cl2FN5O. The van der Waals surface area contributed by atoms with Gasteiger partial charge in [-0.3, -0.25) is 0 Å². The monoisotopic (exact) mass is 433 g/mol. The van der Waals surface area contributed by atoms with Crippen LogP contribution in [-0.4, -0.2) is 36.3 Å². The summed E-state index contributed by atoms with van der Waals surface area (Å²) in [5.41, 5.74) is 2.41. The van der Waals surface area contributed by atoms with Crippen molar-refractivity contribution in [2.45, 2.75) is 0 Å². The van der Waals surface area contributed by atoms with E-state index in [1.807, 2.05) is 24.3 Å². The van der Waals surface area contributed by atoms with Crippen molar-refractivity contribution in [3.63, 3.8) is 0 Å². The van der Waals surface area contributed by atoms with Gasteiger partial charge in [0, 0.05) is 40.2 Å². The third kappa shape index (κ3) is 5.06. The van der Waals surface area contributed by atoms with Gasteiger partial charge in [0.1, 0.15) is 0 Å². The Hall–Kier alpha value is -2.61. The summed E-state index contributed by atoms with van der Waals surface area (Å²) >= 11 is 12.0. The van der Waals surface area contributed by atoms with Crippen molar-refractivity contribution in [1.29, 1.82) is 0 Å². The predicted octanol–water partition coefficient (Wildman–Crippen LogP) is 5.25. The van der Waals surface area contributed by atoms with Gasteiger partial charge < -0.3 is 20.3 Å². The van der Waals surface area contributed by atoms with Gasteiger partial charge in [-0.25, -0.2) is 9.37 Å². The number of nitrogens with one attached hydrogen (secondary N) is 2. The summed E-state index contributed by atoms with van der Waals surface area (Å²) in [4.78, 5) is 10.5. The lowest BCUT2D eigenvalue weighted by Crippen LogP contribution is -2.36. The van der Waals surface area contributed by atoms with Crippen molar-refractivity contribution < 1.29 is 9.13 Å². The number of hydrogen-bond acceptors (Lipinski definition) is 6. The molecule has 2 N–H and O–H groups in total. The molecule has 1 aliphatic heterocycles. The topological polar surface area (TPSA) is 62.3 Å². The minimum absolute atomic E-state index is 0.0187. The number of rotatable bonds is 5. The average molecular weight is 434 g/mol. The van der Waals surface area contributed by atoms with Crippen LogP contribution in [0.5, 0.6) is 0 Å². The van der Waals surface area contributed by atoms with Crippen molar-refractivity contribution in [2.24, 2.45) is 0 Å². The highest BCUT2D eigenvalue weighted by Gasteiger charge is 2.12. The number of hydrogen-bond donors (Lipinski definition) is 2. The van der Waals surface area contributed by atoms with Gasteiger partial charge in [0.15, 0.2) is 11.6 Å². The van der Waals surface area contributed by atoms with Gasteiger partial charge in [0.2, 0.25) is 5.95 Å². The Morgan fingerprint density at radius 2 is 1.72 bits per heavy atom. The van der Waals surface area contributed by atoms with Crippen molar-refractivity contribution in [3.05, 3.63) is 64.5 Å². The van der Waals surface area contributed by atoms with E-state index in [1.54, 1.807) is 18.2 Å². The Morgan fingerprint density at radius 1 is 0.966 bits per heavy atom. The van der Waals surface area contributed by atoms with Crippen LogP contribution in [0.25, 0.3) is 0 Å². The third-order valence-corrected chi connectivity index (χ3v) is 4.78. The first-order chi connectivity index (χ1) is 14.1. The molecule has 2 heterocycles. The van der Waals surface area contributed by atoms with Crippen LogP contribution in [0.15, 0.2) is 48.7 Å². The van der Waals surface area contributed by atoms with E-state index >= 15 is 0 Å². The zero-order valence-corrected chi connectivity index (χ0v) is 16.8. The van der Waals surface area contributed by atoms with Crippen LogP contribution in [0.4, 0.5) is 33.2 Å². The largest absolute Gasteiger partial charge is 0.378 e. The second-order valence-corrected chi connectivity index (χ2v) is 7.32. The minimum Gasteiger partial charge on any atom is -0.378 e. The third-order valence-electron chi connectivity index (χ3n) is 4.35. The first kappa shape index (κ1) is 19.7. The van der Waals surface area contributed by atoms with E-state index in [-0.39, 0.29) is 11.8 Å². The second kappa shape index (κ2) is 8.82. The molecule has 0 radical (unpaired) electrons. The first-order valence-corrected chi connectivity index (χ1v) is 9.78. The molecule has 0 unspecified atom stereocenters. The fraction of sp³-hybridized carbons (Fsp3) is 0.200. The van der Waals surface area contributed by atoms with Crippen LogP contribution >= 0.6 is 23.2 Å². The fourth-order valence-electron chi connectivity index (χ4n) is 3.01. The van der Waals surface area contributed by atoms with Gasteiger partial charge in [-0.2, -0.15) is 4.98 Å². The van der Waals surface area contributed by atoms with Crippen LogP contribution < -0.4 is 15.5 Å². The van der Waals surface area contributed by atoms with E-state index in [0.29, 0.717) is 28.9 Å². The van der Waals surface area contributed by atoms with Gasteiger partial charge in [0.05, 0.1) is 19.4 Å². The molecule has 0 saturated carbocycles. The van der Waals surface area contributed by atoms with Crippen LogP contribution in [0.3, 0.4) is 0 Å². The maximum atomic E-state index is 14.2. The van der Waals surface area contributed by atoms with E-state index in [4.69, 9.17) is 27.9 Å². The molecule has 0 aliphatic carbocycles. The summed E-state index contributed by atoms with van der Waals surface area (Å²) in [5.74, 6) is -0.306. The van der Waals surface area contributed by atoms with Crippen LogP contribution in [-0.2, 0) is 4.74 Å². The van der Waals surface area contributed by atoms with Crippen molar-refractivity contribution in [1.82, 2.24) is 9.97 Å². The quantitative estimate of drug-likeness (QED) is 0.572. The normalized spacial score (nSPS) is 14.0. The average Bonchev–Trinajstić information content (AvgIpc) is 2.71. The Balaban J connectivity index is 1.53. The van der Waals surface area contributed by atoms with E-state index in [1.165, 1.54) is 0 Å². The number of ether oxygens (including phenoxy) is 1. The first-order valence-electron chi connectivity index (χ1n) is 9.02.